The number of hydrogen-bond donors (Lipinski definition) is 1. The largest absolute Gasteiger partial charge is 0.306 e. The molecule has 1 N–H and O–H groups in total. The third-order valence-corrected chi connectivity index (χ3v) is 7.51. The molecule has 0 aliphatic heterocycles. The van der Waals surface area contributed by atoms with Crippen LogP contribution in [0.3, 0.4) is 0 Å². The maximum absolute atomic E-state index is 3.96. The maximum atomic E-state index is 3.96. The number of hydrogen-bond acceptors (Lipinski definition) is 2. The van der Waals surface area contributed by atoms with E-state index >= 15 is 0 Å². The minimum atomic E-state index is 0.440. The Labute approximate surface area is 129 Å². The van der Waals surface area contributed by atoms with Gasteiger partial charge in [-0.15, -0.1) is 11.3 Å². The first-order valence-electron chi connectivity index (χ1n) is 7.34. The van der Waals surface area contributed by atoms with E-state index in [-0.39, 0.29) is 0 Å². The van der Waals surface area contributed by atoms with Gasteiger partial charge in [0.25, 0.3) is 0 Å². The van der Waals surface area contributed by atoms with Crippen molar-refractivity contribution in [2.75, 3.05) is 0 Å². The van der Waals surface area contributed by atoms with Crippen LogP contribution in [0.4, 0.5) is 0 Å². The lowest BCUT2D eigenvalue weighted by Crippen LogP contribution is -2.50. The summed E-state index contributed by atoms with van der Waals surface area (Å²) < 4.78 is 1.23. The van der Waals surface area contributed by atoms with Crippen molar-refractivity contribution in [2.45, 2.75) is 59.0 Å². The number of nitrogens with one attached hydrogen (secondary N) is 1. The van der Waals surface area contributed by atoms with E-state index in [1.54, 1.807) is 0 Å². The van der Waals surface area contributed by atoms with E-state index in [1.807, 2.05) is 11.3 Å². The second-order valence-electron chi connectivity index (χ2n) is 7.38. The molecule has 2 aliphatic carbocycles. The second kappa shape index (κ2) is 4.57. The Balaban J connectivity index is 1.79. The summed E-state index contributed by atoms with van der Waals surface area (Å²) in [6.45, 7) is 9.74. The van der Waals surface area contributed by atoms with Crippen molar-refractivity contribution in [1.82, 2.24) is 5.32 Å². The van der Waals surface area contributed by atoms with E-state index < -0.39 is 0 Å². The molecular weight excluding hydrogens is 318 g/mol. The molecule has 3 heteroatoms. The van der Waals surface area contributed by atoms with E-state index in [9.17, 15) is 0 Å². The molecule has 1 nitrogen and oxygen atoms in total. The maximum Gasteiger partial charge on any atom is 0.0701 e. The minimum Gasteiger partial charge on any atom is -0.306 e. The van der Waals surface area contributed by atoms with E-state index in [1.165, 1.54) is 27.9 Å². The molecule has 0 saturated heterocycles. The van der Waals surface area contributed by atoms with Crippen LogP contribution in [0.1, 0.15) is 57.9 Å². The predicted octanol–water partition coefficient (Wildman–Crippen LogP) is 5.38. The van der Waals surface area contributed by atoms with E-state index in [2.05, 4.69) is 61.1 Å². The van der Waals surface area contributed by atoms with Crippen molar-refractivity contribution in [3.8, 4) is 0 Å². The van der Waals surface area contributed by atoms with Crippen molar-refractivity contribution >= 4 is 27.3 Å². The lowest BCUT2D eigenvalue weighted by Gasteiger charge is -2.44. The Morgan fingerprint density at radius 2 is 2.11 bits per heavy atom. The van der Waals surface area contributed by atoms with Gasteiger partial charge in [-0.3, -0.25) is 0 Å². The standard InChI is InChI=1S/C16H24BrNS/c1-10(12-5-6-13(17)19-12)18-14-15(2,3)11-7-8-16(14,4)9-11/h5-6,10-11,14,18H,7-9H2,1-4H3. The van der Waals surface area contributed by atoms with Gasteiger partial charge in [-0.25, -0.2) is 0 Å². The van der Waals surface area contributed by atoms with Crippen molar-refractivity contribution < 1.29 is 0 Å². The summed E-state index contributed by atoms with van der Waals surface area (Å²) in [5.74, 6) is 0.914. The summed E-state index contributed by atoms with van der Waals surface area (Å²) in [4.78, 5) is 1.44. The van der Waals surface area contributed by atoms with Crippen LogP contribution in [0.2, 0.25) is 0 Å². The molecule has 0 aromatic carbocycles. The second-order valence-corrected chi connectivity index (χ2v) is 9.87. The SMILES string of the molecule is CC(NC1C2(C)CCC(C2)C1(C)C)c1ccc(Br)s1. The average Bonchev–Trinajstić information content (AvgIpc) is 2.96. The zero-order valence-electron chi connectivity index (χ0n) is 12.3. The van der Waals surface area contributed by atoms with Crippen LogP contribution in [-0.4, -0.2) is 6.04 Å². The molecule has 4 unspecified atom stereocenters. The van der Waals surface area contributed by atoms with Gasteiger partial charge in [-0.05, 0) is 71.0 Å². The van der Waals surface area contributed by atoms with Gasteiger partial charge in [0.05, 0.1) is 3.79 Å². The summed E-state index contributed by atoms with van der Waals surface area (Å²) in [5.41, 5.74) is 0.951. The molecule has 2 saturated carbocycles. The van der Waals surface area contributed by atoms with Crippen LogP contribution >= 0.6 is 27.3 Å². The monoisotopic (exact) mass is 341 g/mol. The first-order valence-corrected chi connectivity index (χ1v) is 8.95. The third kappa shape index (κ3) is 2.22. The number of rotatable bonds is 3. The zero-order chi connectivity index (χ0) is 13.8. The van der Waals surface area contributed by atoms with Gasteiger partial charge in [-0.2, -0.15) is 0 Å². The Kier molecular flexibility index (Phi) is 3.39. The molecular formula is C16H24BrNS. The number of halogens is 1. The highest BCUT2D eigenvalue weighted by molar-refractivity contribution is 9.11. The van der Waals surface area contributed by atoms with Crippen LogP contribution in [0.15, 0.2) is 15.9 Å². The summed E-state index contributed by atoms with van der Waals surface area (Å²) in [6, 6.07) is 5.51. The fraction of sp³-hybridized carbons (Fsp3) is 0.750. The third-order valence-electron chi connectivity index (χ3n) is 5.71. The average molecular weight is 342 g/mol. The molecule has 3 rings (SSSR count). The topological polar surface area (TPSA) is 12.0 Å². The predicted molar refractivity (Wildman–Crippen MR) is 86.6 cm³/mol. The molecule has 2 bridgehead atoms. The molecule has 0 amide bonds. The van der Waals surface area contributed by atoms with Crippen LogP contribution < -0.4 is 5.32 Å². The highest BCUT2D eigenvalue weighted by Gasteiger charge is 2.59. The summed E-state index contributed by atoms with van der Waals surface area (Å²) >= 11 is 5.42. The Morgan fingerprint density at radius 3 is 2.63 bits per heavy atom. The van der Waals surface area contributed by atoms with Crippen LogP contribution in [-0.2, 0) is 0 Å². The molecule has 4 atom stereocenters. The van der Waals surface area contributed by atoms with E-state index in [4.69, 9.17) is 0 Å². The molecule has 1 aromatic rings. The normalized spacial score (nSPS) is 37.7. The number of thiophene rings is 1. The van der Waals surface area contributed by atoms with Gasteiger partial charge in [0.2, 0.25) is 0 Å². The van der Waals surface area contributed by atoms with Gasteiger partial charge in [0.15, 0.2) is 0 Å². The van der Waals surface area contributed by atoms with E-state index in [0.717, 1.165) is 5.92 Å². The Hall–Kier alpha value is 0.140. The molecule has 0 radical (unpaired) electrons. The van der Waals surface area contributed by atoms with Gasteiger partial charge < -0.3 is 5.32 Å². The molecule has 2 aliphatic rings. The van der Waals surface area contributed by atoms with Crippen molar-refractivity contribution in [3.63, 3.8) is 0 Å². The highest BCUT2D eigenvalue weighted by Crippen LogP contribution is 2.62. The summed E-state index contributed by atoms with van der Waals surface area (Å²) in [6.07, 6.45) is 4.25. The quantitative estimate of drug-likeness (QED) is 0.778. The van der Waals surface area contributed by atoms with Gasteiger partial charge >= 0.3 is 0 Å². The van der Waals surface area contributed by atoms with Crippen molar-refractivity contribution in [1.29, 1.82) is 0 Å². The Morgan fingerprint density at radius 1 is 1.37 bits per heavy atom. The van der Waals surface area contributed by atoms with Crippen molar-refractivity contribution in [2.24, 2.45) is 16.7 Å². The minimum absolute atomic E-state index is 0.440. The zero-order valence-corrected chi connectivity index (χ0v) is 14.7. The fourth-order valence-electron chi connectivity index (χ4n) is 4.61. The molecule has 0 spiro atoms. The molecule has 2 fully saturated rings. The van der Waals surface area contributed by atoms with E-state index in [0.29, 0.717) is 22.9 Å². The van der Waals surface area contributed by atoms with Crippen molar-refractivity contribution in [3.05, 3.63) is 20.8 Å². The van der Waals surface area contributed by atoms with Crippen LogP contribution in [0.5, 0.6) is 0 Å². The summed E-state index contributed by atoms with van der Waals surface area (Å²) in [7, 11) is 0. The highest BCUT2D eigenvalue weighted by atomic mass is 79.9. The first kappa shape index (κ1) is 14.1. The van der Waals surface area contributed by atoms with Gasteiger partial charge in [0.1, 0.15) is 0 Å². The van der Waals surface area contributed by atoms with Crippen LogP contribution in [0.25, 0.3) is 0 Å². The van der Waals surface area contributed by atoms with Gasteiger partial charge in [0, 0.05) is 17.0 Å². The molecule has 1 heterocycles. The van der Waals surface area contributed by atoms with Crippen LogP contribution in [0, 0.1) is 16.7 Å². The first-order chi connectivity index (χ1) is 8.83. The lowest BCUT2D eigenvalue weighted by atomic mass is 9.68. The summed E-state index contributed by atoms with van der Waals surface area (Å²) in [5, 5.41) is 3.96. The smallest absolute Gasteiger partial charge is 0.0701 e. The fourth-order valence-corrected chi connectivity index (χ4v) is 6.05. The molecule has 19 heavy (non-hydrogen) atoms. The van der Waals surface area contributed by atoms with Gasteiger partial charge in [-0.1, -0.05) is 20.8 Å². The lowest BCUT2D eigenvalue weighted by molar-refractivity contribution is 0.101. The molecule has 106 valence electrons. The Bertz CT molecular complexity index is 476. The molecule has 1 aromatic heterocycles. The number of fused-ring (bicyclic) bond motifs is 2.